The summed E-state index contributed by atoms with van der Waals surface area (Å²) in [5.74, 6) is 0. The summed E-state index contributed by atoms with van der Waals surface area (Å²) in [4.78, 5) is 0.186. The molecule has 1 unspecified atom stereocenters. The zero-order valence-corrected chi connectivity index (χ0v) is 9.19. The number of hydrogen-bond acceptors (Lipinski definition) is 0. The Morgan fingerprint density at radius 1 is 1.36 bits per heavy atom. The first-order valence-corrected chi connectivity index (χ1v) is 5.11. The molecule has 0 saturated carbocycles. The third-order valence-electron chi connectivity index (χ3n) is 1.77. The lowest BCUT2D eigenvalue weighted by Crippen LogP contribution is -2.06. The highest BCUT2D eigenvalue weighted by atomic mass is 79.9. The van der Waals surface area contributed by atoms with E-state index in [1.807, 2.05) is 6.92 Å². The van der Waals surface area contributed by atoms with Crippen molar-refractivity contribution in [1.29, 1.82) is 0 Å². The lowest BCUT2D eigenvalue weighted by Gasteiger charge is -2.09. The maximum Gasteiger partial charge on any atom is 0.416 e. The minimum Gasteiger partial charge on any atom is -0.166 e. The molecule has 1 rings (SSSR count). The summed E-state index contributed by atoms with van der Waals surface area (Å²) < 4.78 is 36.9. The molecule has 0 saturated heterocycles. The van der Waals surface area contributed by atoms with E-state index < -0.39 is 11.7 Å². The molecule has 0 fully saturated rings. The molecule has 0 N–H and O–H groups in total. The zero-order valence-electron chi connectivity index (χ0n) is 7.61. The molecule has 0 aliphatic rings. The van der Waals surface area contributed by atoms with Crippen LogP contribution >= 0.6 is 15.9 Å². The van der Waals surface area contributed by atoms with Gasteiger partial charge in [0.15, 0.2) is 0 Å². The van der Waals surface area contributed by atoms with Crippen molar-refractivity contribution in [3.63, 3.8) is 0 Å². The predicted octanol–water partition coefficient (Wildman–Crippen LogP) is 4.03. The van der Waals surface area contributed by atoms with Crippen LogP contribution in [-0.2, 0) is 12.6 Å². The van der Waals surface area contributed by atoms with Crippen LogP contribution in [0.2, 0.25) is 0 Å². The predicted molar refractivity (Wildman–Crippen MR) is 53.5 cm³/mol. The fourth-order valence-electron chi connectivity index (χ4n) is 1.20. The Bertz CT molecular complexity index is 304. The molecule has 0 bridgehead atoms. The van der Waals surface area contributed by atoms with Gasteiger partial charge < -0.3 is 0 Å². The molecule has 0 heterocycles. The van der Waals surface area contributed by atoms with Gasteiger partial charge in [-0.25, -0.2) is 0 Å². The van der Waals surface area contributed by atoms with Crippen LogP contribution in [0.5, 0.6) is 0 Å². The molecular weight excluding hydrogens is 257 g/mol. The Morgan fingerprint density at radius 3 is 2.50 bits per heavy atom. The highest BCUT2D eigenvalue weighted by Crippen LogP contribution is 2.29. The van der Waals surface area contributed by atoms with E-state index in [1.54, 1.807) is 6.07 Å². The molecule has 0 radical (unpaired) electrons. The second-order valence-corrected chi connectivity index (χ2v) is 4.75. The number of halogens is 4. The molecule has 78 valence electrons. The second-order valence-electron chi connectivity index (χ2n) is 3.18. The quantitative estimate of drug-likeness (QED) is 0.709. The van der Waals surface area contributed by atoms with Gasteiger partial charge in [0.05, 0.1) is 5.56 Å². The Labute approximate surface area is 89.3 Å². The molecule has 0 spiro atoms. The van der Waals surface area contributed by atoms with Gasteiger partial charge in [-0.05, 0) is 18.1 Å². The Kier molecular flexibility index (Phi) is 3.59. The molecule has 0 amide bonds. The Hall–Kier alpha value is -0.510. The zero-order chi connectivity index (χ0) is 10.8. The van der Waals surface area contributed by atoms with Gasteiger partial charge in [0, 0.05) is 4.83 Å². The standard InChI is InChI=1S/C10H10BrF3/c1-7(11)5-8-3-2-4-9(6-8)10(12,13)14/h2-4,6-7H,5H2,1H3. The minimum atomic E-state index is -4.24. The summed E-state index contributed by atoms with van der Waals surface area (Å²) >= 11 is 3.30. The molecule has 14 heavy (non-hydrogen) atoms. The van der Waals surface area contributed by atoms with Crippen LogP contribution in [0.1, 0.15) is 18.1 Å². The van der Waals surface area contributed by atoms with Gasteiger partial charge in [0.1, 0.15) is 0 Å². The van der Waals surface area contributed by atoms with E-state index in [0.29, 0.717) is 12.0 Å². The van der Waals surface area contributed by atoms with Crippen LogP contribution in [0, 0.1) is 0 Å². The van der Waals surface area contributed by atoms with Gasteiger partial charge in [-0.1, -0.05) is 41.1 Å². The summed E-state index contributed by atoms with van der Waals surface area (Å²) in [6.07, 6.45) is -3.64. The maximum absolute atomic E-state index is 12.3. The molecule has 1 atom stereocenters. The summed E-state index contributed by atoms with van der Waals surface area (Å²) in [6, 6.07) is 5.42. The average molecular weight is 267 g/mol. The van der Waals surface area contributed by atoms with Crippen LogP contribution in [0.25, 0.3) is 0 Å². The number of rotatable bonds is 2. The van der Waals surface area contributed by atoms with E-state index in [-0.39, 0.29) is 4.83 Å². The Morgan fingerprint density at radius 2 is 2.00 bits per heavy atom. The number of hydrogen-bond donors (Lipinski definition) is 0. The van der Waals surface area contributed by atoms with Crippen molar-refractivity contribution in [1.82, 2.24) is 0 Å². The molecule has 0 aliphatic heterocycles. The van der Waals surface area contributed by atoms with E-state index in [4.69, 9.17) is 0 Å². The van der Waals surface area contributed by atoms with E-state index in [1.165, 1.54) is 12.1 Å². The lowest BCUT2D eigenvalue weighted by molar-refractivity contribution is -0.137. The highest BCUT2D eigenvalue weighted by molar-refractivity contribution is 9.09. The number of benzene rings is 1. The van der Waals surface area contributed by atoms with Crippen LogP contribution < -0.4 is 0 Å². The maximum atomic E-state index is 12.3. The van der Waals surface area contributed by atoms with Crippen molar-refractivity contribution in [3.05, 3.63) is 35.4 Å². The first-order chi connectivity index (χ1) is 6.39. The topological polar surface area (TPSA) is 0 Å². The monoisotopic (exact) mass is 266 g/mol. The smallest absolute Gasteiger partial charge is 0.166 e. The molecule has 4 heteroatoms. The molecule has 0 nitrogen and oxygen atoms in total. The lowest BCUT2D eigenvalue weighted by atomic mass is 10.1. The Balaban J connectivity index is 2.90. The van der Waals surface area contributed by atoms with Crippen LogP contribution in [0.3, 0.4) is 0 Å². The molecule has 1 aromatic rings. The number of alkyl halides is 4. The van der Waals surface area contributed by atoms with Crippen LogP contribution in [0.4, 0.5) is 13.2 Å². The first-order valence-electron chi connectivity index (χ1n) is 4.20. The fourth-order valence-corrected chi connectivity index (χ4v) is 1.57. The second kappa shape index (κ2) is 4.34. The largest absolute Gasteiger partial charge is 0.416 e. The van der Waals surface area contributed by atoms with Gasteiger partial charge in [0.2, 0.25) is 0 Å². The fraction of sp³-hybridized carbons (Fsp3) is 0.400. The first kappa shape index (κ1) is 11.6. The van der Waals surface area contributed by atoms with Crippen molar-refractivity contribution in [2.45, 2.75) is 24.3 Å². The van der Waals surface area contributed by atoms with Crippen molar-refractivity contribution in [2.24, 2.45) is 0 Å². The molecule has 1 aromatic carbocycles. The molecular formula is C10H10BrF3. The van der Waals surface area contributed by atoms with Gasteiger partial charge >= 0.3 is 6.18 Å². The van der Waals surface area contributed by atoms with Gasteiger partial charge in [0.25, 0.3) is 0 Å². The summed E-state index contributed by atoms with van der Waals surface area (Å²) in [7, 11) is 0. The summed E-state index contributed by atoms with van der Waals surface area (Å²) in [5.41, 5.74) is 0.118. The van der Waals surface area contributed by atoms with E-state index in [0.717, 1.165) is 6.07 Å². The molecule has 0 aliphatic carbocycles. The average Bonchev–Trinajstić information content (AvgIpc) is 2.01. The van der Waals surface area contributed by atoms with Gasteiger partial charge in [-0.2, -0.15) is 13.2 Å². The normalized spacial score (nSPS) is 14.1. The van der Waals surface area contributed by atoms with Crippen LogP contribution in [-0.4, -0.2) is 4.83 Å². The summed E-state index contributed by atoms with van der Waals surface area (Å²) in [6.45, 7) is 1.90. The molecule has 0 aromatic heterocycles. The van der Waals surface area contributed by atoms with E-state index in [2.05, 4.69) is 15.9 Å². The third kappa shape index (κ3) is 3.33. The SMILES string of the molecule is CC(Br)Cc1cccc(C(F)(F)F)c1. The van der Waals surface area contributed by atoms with Crippen LogP contribution in [0.15, 0.2) is 24.3 Å². The summed E-state index contributed by atoms with van der Waals surface area (Å²) in [5, 5.41) is 0. The highest BCUT2D eigenvalue weighted by Gasteiger charge is 2.30. The van der Waals surface area contributed by atoms with Crippen molar-refractivity contribution >= 4 is 15.9 Å². The third-order valence-corrected chi connectivity index (χ3v) is 2.10. The van der Waals surface area contributed by atoms with Crippen molar-refractivity contribution < 1.29 is 13.2 Å². The van der Waals surface area contributed by atoms with Crippen molar-refractivity contribution in [3.8, 4) is 0 Å². The van der Waals surface area contributed by atoms with Crippen molar-refractivity contribution in [2.75, 3.05) is 0 Å². The van der Waals surface area contributed by atoms with Gasteiger partial charge in [-0.15, -0.1) is 0 Å². The minimum absolute atomic E-state index is 0.186. The van der Waals surface area contributed by atoms with E-state index in [9.17, 15) is 13.2 Å². The van der Waals surface area contributed by atoms with E-state index >= 15 is 0 Å². The van der Waals surface area contributed by atoms with Gasteiger partial charge in [-0.3, -0.25) is 0 Å².